The Morgan fingerprint density at radius 3 is 2.33 bits per heavy atom. The van der Waals surface area contributed by atoms with Crippen molar-refractivity contribution in [2.45, 2.75) is 19.1 Å². The highest BCUT2D eigenvalue weighted by Crippen LogP contribution is 2.36. The lowest BCUT2D eigenvalue weighted by molar-refractivity contribution is -0.140. The van der Waals surface area contributed by atoms with E-state index in [1.807, 2.05) is 0 Å². The smallest absolute Gasteiger partial charge is 0.418 e. The highest BCUT2D eigenvalue weighted by molar-refractivity contribution is 5.89. The number of aromatic nitrogens is 1. The molecule has 0 spiro atoms. The van der Waals surface area contributed by atoms with Gasteiger partial charge in [-0.15, -0.1) is 0 Å². The number of nitrogens with zero attached hydrogens (tertiary/aromatic N) is 1. The van der Waals surface area contributed by atoms with Gasteiger partial charge in [-0.1, -0.05) is 0 Å². The number of nitrogens with two attached hydrogens (primary N) is 1. The Labute approximate surface area is 97.2 Å². The van der Waals surface area contributed by atoms with Crippen molar-refractivity contribution in [1.29, 1.82) is 0 Å². The van der Waals surface area contributed by atoms with E-state index in [-0.39, 0.29) is 6.07 Å². The summed E-state index contributed by atoms with van der Waals surface area (Å²) in [7, 11) is 0. The predicted octanol–water partition coefficient (Wildman–Crippen LogP) is 2.19. The summed E-state index contributed by atoms with van der Waals surface area (Å²) in [6.07, 6.45) is -8.59. The molecule has 0 radical (unpaired) electrons. The van der Waals surface area contributed by atoms with Crippen LogP contribution in [0.2, 0.25) is 0 Å². The van der Waals surface area contributed by atoms with Crippen molar-refractivity contribution in [2.24, 2.45) is 5.73 Å². The molecule has 0 saturated heterocycles. The second kappa shape index (κ2) is 4.84. The van der Waals surface area contributed by atoms with Crippen molar-refractivity contribution in [2.75, 3.05) is 0 Å². The predicted molar refractivity (Wildman–Crippen MR) is 49.0 cm³/mol. The second-order valence-corrected chi connectivity index (χ2v) is 3.22. The maximum Gasteiger partial charge on any atom is 0.418 e. The average Bonchev–Trinajstić information content (AvgIpc) is 2.25. The Morgan fingerprint density at radius 1 is 1.44 bits per heavy atom. The van der Waals surface area contributed by atoms with E-state index in [2.05, 4.69) is 4.98 Å². The van der Waals surface area contributed by atoms with E-state index >= 15 is 0 Å². The zero-order valence-electron chi connectivity index (χ0n) is 8.63. The SMILES string of the molecule is NCc1nc(C(F)F)c(C(F)(F)F)cc1C(=O)O. The van der Waals surface area contributed by atoms with Gasteiger partial charge in [-0.3, -0.25) is 0 Å². The summed E-state index contributed by atoms with van der Waals surface area (Å²) in [5, 5.41) is 8.67. The van der Waals surface area contributed by atoms with Crippen LogP contribution < -0.4 is 5.73 Å². The van der Waals surface area contributed by atoms with E-state index < -0.39 is 47.6 Å². The molecule has 0 aliphatic rings. The number of carboxylic acid groups (broad SMARTS) is 1. The quantitative estimate of drug-likeness (QED) is 0.825. The molecule has 0 unspecified atom stereocenters. The molecule has 4 nitrogen and oxygen atoms in total. The van der Waals surface area contributed by atoms with Gasteiger partial charge in [-0.2, -0.15) is 13.2 Å². The van der Waals surface area contributed by atoms with Gasteiger partial charge >= 0.3 is 12.1 Å². The summed E-state index contributed by atoms with van der Waals surface area (Å²) in [5.41, 5.74) is 0.412. The van der Waals surface area contributed by atoms with Crippen molar-refractivity contribution >= 4 is 5.97 Å². The molecule has 0 aromatic carbocycles. The summed E-state index contributed by atoms with van der Waals surface area (Å²) in [6, 6.07) is 0.124. The Bertz CT molecular complexity index is 473. The molecular weight excluding hydrogens is 263 g/mol. The molecule has 0 aliphatic heterocycles. The van der Waals surface area contributed by atoms with Gasteiger partial charge in [-0.05, 0) is 6.07 Å². The molecule has 18 heavy (non-hydrogen) atoms. The molecule has 0 saturated carbocycles. The molecule has 100 valence electrons. The zero-order chi connectivity index (χ0) is 14.1. The largest absolute Gasteiger partial charge is 0.478 e. The van der Waals surface area contributed by atoms with Crippen molar-refractivity contribution in [3.63, 3.8) is 0 Å². The first kappa shape index (κ1) is 14.3. The van der Waals surface area contributed by atoms with Crippen LogP contribution >= 0.6 is 0 Å². The lowest BCUT2D eigenvalue weighted by Gasteiger charge is -2.14. The number of aromatic carboxylic acids is 1. The van der Waals surface area contributed by atoms with Crippen LogP contribution in [0.1, 0.15) is 33.7 Å². The van der Waals surface area contributed by atoms with Crippen LogP contribution in [-0.2, 0) is 12.7 Å². The van der Waals surface area contributed by atoms with Gasteiger partial charge in [0.05, 0.1) is 16.8 Å². The molecule has 3 N–H and O–H groups in total. The molecule has 9 heteroatoms. The Kier molecular flexibility index (Phi) is 3.85. The van der Waals surface area contributed by atoms with E-state index in [0.717, 1.165) is 0 Å². The number of halogens is 5. The average molecular weight is 270 g/mol. The second-order valence-electron chi connectivity index (χ2n) is 3.22. The minimum atomic E-state index is -5.11. The number of hydrogen-bond acceptors (Lipinski definition) is 3. The van der Waals surface area contributed by atoms with Crippen LogP contribution in [0, 0.1) is 0 Å². The third kappa shape index (κ3) is 2.73. The van der Waals surface area contributed by atoms with Gasteiger partial charge in [0.15, 0.2) is 0 Å². The van der Waals surface area contributed by atoms with E-state index in [9.17, 15) is 26.7 Å². The molecule has 0 aliphatic carbocycles. The van der Waals surface area contributed by atoms with Crippen LogP contribution in [0.4, 0.5) is 22.0 Å². The van der Waals surface area contributed by atoms with Crippen LogP contribution in [0.3, 0.4) is 0 Å². The maximum atomic E-state index is 12.5. The number of alkyl halides is 5. The molecule has 0 fully saturated rings. The van der Waals surface area contributed by atoms with E-state index in [0.29, 0.717) is 0 Å². The molecule has 1 aromatic heterocycles. The fourth-order valence-corrected chi connectivity index (χ4v) is 1.30. The fraction of sp³-hybridized carbons (Fsp3) is 0.333. The summed E-state index contributed by atoms with van der Waals surface area (Å²) in [5.74, 6) is -1.71. The molecule has 0 atom stereocenters. The number of pyridine rings is 1. The van der Waals surface area contributed by atoms with Gasteiger partial charge in [-0.25, -0.2) is 18.6 Å². The molecule has 0 amide bonds. The first-order valence-electron chi connectivity index (χ1n) is 4.51. The number of rotatable bonds is 3. The van der Waals surface area contributed by atoms with Gasteiger partial charge < -0.3 is 10.8 Å². The molecule has 1 rings (SSSR count). The lowest BCUT2D eigenvalue weighted by Crippen LogP contribution is -2.18. The van der Waals surface area contributed by atoms with E-state index in [1.165, 1.54) is 0 Å². The normalized spacial score (nSPS) is 11.9. The van der Waals surface area contributed by atoms with E-state index in [1.54, 1.807) is 0 Å². The van der Waals surface area contributed by atoms with Crippen molar-refractivity contribution in [1.82, 2.24) is 4.98 Å². The molecule has 0 bridgehead atoms. The summed E-state index contributed by atoms with van der Waals surface area (Å²) < 4.78 is 62.4. The lowest BCUT2D eigenvalue weighted by atomic mass is 10.1. The monoisotopic (exact) mass is 270 g/mol. The van der Waals surface area contributed by atoms with Gasteiger partial charge in [0.2, 0.25) is 0 Å². The van der Waals surface area contributed by atoms with Crippen LogP contribution in [0.5, 0.6) is 0 Å². The van der Waals surface area contributed by atoms with Gasteiger partial charge in [0, 0.05) is 6.54 Å². The Balaban J connectivity index is 3.58. The zero-order valence-corrected chi connectivity index (χ0v) is 8.63. The number of hydrogen-bond donors (Lipinski definition) is 2. The van der Waals surface area contributed by atoms with E-state index in [4.69, 9.17) is 10.8 Å². The first-order chi connectivity index (χ1) is 8.18. The standard InChI is InChI=1S/C9H7F5N2O2/c10-7(11)6-4(9(12,13)14)1-3(8(17)18)5(2-15)16-6/h1,7H,2,15H2,(H,17,18). The Morgan fingerprint density at radius 2 is 2.00 bits per heavy atom. The third-order valence-electron chi connectivity index (χ3n) is 2.07. The van der Waals surface area contributed by atoms with Crippen molar-refractivity contribution in [3.8, 4) is 0 Å². The van der Waals surface area contributed by atoms with Crippen LogP contribution in [0.25, 0.3) is 0 Å². The van der Waals surface area contributed by atoms with Crippen molar-refractivity contribution in [3.05, 3.63) is 28.6 Å². The first-order valence-corrected chi connectivity index (χ1v) is 4.51. The van der Waals surface area contributed by atoms with Crippen molar-refractivity contribution < 1.29 is 31.9 Å². The summed E-state index contributed by atoms with van der Waals surface area (Å²) in [4.78, 5) is 13.7. The van der Waals surface area contributed by atoms with Gasteiger partial charge in [0.25, 0.3) is 6.43 Å². The summed E-state index contributed by atoms with van der Waals surface area (Å²) in [6.45, 7) is -0.556. The fourth-order valence-electron chi connectivity index (χ4n) is 1.30. The maximum absolute atomic E-state index is 12.5. The van der Waals surface area contributed by atoms with Crippen LogP contribution in [0.15, 0.2) is 6.07 Å². The number of carbonyl (C=O) groups is 1. The van der Waals surface area contributed by atoms with Crippen LogP contribution in [-0.4, -0.2) is 16.1 Å². The third-order valence-corrected chi connectivity index (χ3v) is 2.07. The molecule has 1 heterocycles. The highest BCUT2D eigenvalue weighted by atomic mass is 19.4. The minimum Gasteiger partial charge on any atom is -0.478 e. The van der Waals surface area contributed by atoms with Gasteiger partial charge in [0.1, 0.15) is 5.69 Å². The molecular formula is C9H7F5N2O2. The topological polar surface area (TPSA) is 76.2 Å². The highest BCUT2D eigenvalue weighted by Gasteiger charge is 2.38. The molecule has 1 aromatic rings. The number of carboxylic acids is 1. The summed E-state index contributed by atoms with van der Waals surface area (Å²) >= 11 is 0. The minimum absolute atomic E-state index is 0.124. The Hall–Kier alpha value is -1.77.